The second-order valence-electron chi connectivity index (χ2n) is 7.85. The molecule has 3 aromatic carbocycles. The van der Waals surface area contributed by atoms with Gasteiger partial charge in [-0.25, -0.2) is 4.39 Å². The molecule has 0 aliphatic rings. The molecular weight excluding hydrogens is 459 g/mol. The van der Waals surface area contributed by atoms with Crippen LogP contribution in [0.3, 0.4) is 0 Å². The summed E-state index contributed by atoms with van der Waals surface area (Å²) >= 11 is 1.58. The van der Waals surface area contributed by atoms with Gasteiger partial charge in [-0.05, 0) is 72.3 Å². The molecule has 0 spiro atoms. The Morgan fingerprint density at radius 2 is 1.80 bits per heavy atom. The monoisotopic (exact) mass is 480 g/mol. The van der Waals surface area contributed by atoms with Crippen molar-refractivity contribution in [3.63, 3.8) is 0 Å². The second-order valence-corrected chi connectivity index (χ2v) is 9.00. The van der Waals surface area contributed by atoms with Gasteiger partial charge in [-0.15, -0.1) is 0 Å². The van der Waals surface area contributed by atoms with Crippen LogP contribution in [-0.2, 0) is 11.2 Å². The Labute approximate surface area is 206 Å². The number of H-pyrrole nitrogens is 1. The molecule has 5 aromatic rings. The van der Waals surface area contributed by atoms with Crippen LogP contribution in [0.2, 0.25) is 0 Å². The lowest BCUT2D eigenvalue weighted by atomic mass is 10.1. The molecule has 0 atom stereocenters. The maximum absolute atomic E-state index is 13.8. The maximum Gasteiger partial charge on any atom is 0.228 e. The molecule has 172 valence electrons. The zero-order valence-corrected chi connectivity index (χ0v) is 19.4. The van der Waals surface area contributed by atoms with E-state index in [0.717, 1.165) is 32.1 Å². The number of anilines is 1. The summed E-state index contributed by atoms with van der Waals surface area (Å²) in [6.45, 7) is 0. The molecule has 0 saturated heterocycles. The quantitative estimate of drug-likeness (QED) is 0.275. The van der Waals surface area contributed by atoms with Crippen LogP contribution in [0.5, 0.6) is 0 Å². The van der Waals surface area contributed by atoms with Gasteiger partial charge in [-0.1, -0.05) is 42.1 Å². The number of pyridine rings is 1. The van der Waals surface area contributed by atoms with Gasteiger partial charge in [0.1, 0.15) is 5.82 Å². The third-order valence-electron chi connectivity index (χ3n) is 5.33. The number of hydrogen-bond donors (Lipinski definition) is 2. The van der Waals surface area contributed by atoms with Gasteiger partial charge in [0.2, 0.25) is 5.91 Å². The summed E-state index contributed by atoms with van der Waals surface area (Å²) in [5, 5.41) is 11.4. The fraction of sp³-hybridized carbons (Fsp3) is 0.0357. The number of fused-ring (bicyclic) bond motifs is 1. The average Bonchev–Trinajstić information content (AvgIpc) is 3.27. The lowest BCUT2D eigenvalue weighted by Crippen LogP contribution is -2.15. The molecule has 0 aliphatic carbocycles. The summed E-state index contributed by atoms with van der Waals surface area (Å²) in [6, 6.07) is 25.8. The van der Waals surface area contributed by atoms with Crippen LogP contribution in [0, 0.1) is 5.82 Å². The Balaban J connectivity index is 1.27. The number of amides is 1. The molecule has 5 nitrogen and oxygen atoms in total. The van der Waals surface area contributed by atoms with Crippen molar-refractivity contribution in [2.24, 2.45) is 0 Å². The number of nitrogens with one attached hydrogen (secondary N) is 2. The van der Waals surface area contributed by atoms with Crippen molar-refractivity contribution in [3.8, 4) is 0 Å². The van der Waals surface area contributed by atoms with E-state index in [1.54, 1.807) is 36.2 Å². The van der Waals surface area contributed by atoms with E-state index < -0.39 is 0 Å². The minimum atomic E-state index is -0.378. The van der Waals surface area contributed by atoms with Crippen LogP contribution in [0.1, 0.15) is 17.0 Å². The topological polar surface area (TPSA) is 70.7 Å². The summed E-state index contributed by atoms with van der Waals surface area (Å²) in [4.78, 5) is 18.7. The van der Waals surface area contributed by atoms with E-state index in [2.05, 4.69) is 26.6 Å². The minimum absolute atomic E-state index is 0.0162. The number of benzene rings is 3. The molecule has 0 aliphatic heterocycles. The van der Waals surface area contributed by atoms with Crippen molar-refractivity contribution < 1.29 is 9.18 Å². The van der Waals surface area contributed by atoms with E-state index in [4.69, 9.17) is 0 Å². The minimum Gasteiger partial charge on any atom is -0.326 e. The van der Waals surface area contributed by atoms with Crippen molar-refractivity contribution in [2.75, 3.05) is 5.32 Å². The van der Waals surface area contributed by atoms with Crippen LogP contribution in [0.15, 0.2) is 101 Å². The van der Waals surface area contributed by atoms with Gasteiger partial charge in [0.05, 0.1) is 23.3 Å². The molecule has 1 amide bonds. The van der Waals surface area contributed by atoms with Gasteiger partial charge in [0.15, 0.2) is 0 Å². The maximum atomic E-state index is 13.8. The molecule has 0 radical (unpaired) electrons. The predicted octanol–water partition coefficient (Wildman–Crippen LogP) is 6.60. The molecule has 2 N–H and O–H groups in total. The van der Waals surface area contributed by atoms with Crippen LogP contribution >= 0.6 is 11.8 Å². The molecule has 0 bridgehead atoms. The first kappa shape index (κ1) is 22.6. The Morgan fingerprint density at radius 1 is 0.943 bits per heavy atom. The highest BCUT2D eigenvalue weighted by molar-refractivity contribution is 7.99. The molecular formula is C28H21FN4OS. The molecule has 7 heteroatoms. The van der Waals surface area contributed by atoms with Crippen molar-refractivity contribution in [3.05, 3.63) is 114 Å². The van der Waals surface area contributed by atoms with Gasteiger partial charge >= 0.3 is 0 Å². The smallest absolute Gasteiger partial charge is 0.228 e. The first-order valence-corrected chi connectivity index (χ1v) is 11.8. The number of carbonyl (C=O) groups excluding carboxylic acids is 1. The van der Waals surface area contributed by atoms with Gasteiger partial charge in [0.25, 0.3) is 0 Å². The summed E-state index contributed by atoms with van der Waals surface area (Å²) in [5.74, 6) is -0.640. The summed E-state index contributed by atoms with van der Waals surface area (Å²) < 4.78 is 13.8. The van der Waals surface area contributed by atoms with E-state index in [0.29, 0.717) is 11.3 Å². The number of rotatable bonds is 7. The molecule has 0 fully saturated rings. The van der Waals surface area contributed by atoms with Crippen LogP contribution in [-0.4, -0.2) is 21.1 Å². The fourth-order valence-corrected chi connectivity index (χ4v) is 4.56. The highest BCUT2D eigenvalue weighted by Gasteiger charge is 2.09. The third kappa shape index (κ3) is 5.65. The van der Waals surface area contributed by atoms with Gasteiger partial charge in [-0.2, -0.15) is 5.10 Å². The number of carbonyl (C=O) groups is 1. The molecule has 0 saturated carbocycles. The zero-order valence-electron chi connectivity index (χ0n) is 18.6. The highest BCUT2D eigenvalue weighted by Crippen LogP contribution is 2.32. The van der Waals surface area contributed by atoms with E-state index in [1.165, 1.54) is 6.07 Å². The zero-order chi connectivity index (χ0) is 24.0. The van der Waals surface area contributed by atoms with Gasteiger partial charge in [0, 0.05) is 27.1 Å². The summed E-state index contributed by atoms with van der Waals surface area (Å²) in [6.07, 6.45) is 5.62. The number of nitrogens with zero attached hydrogens (tertiary/aromatic N) is 2. The third-order valence-corrected chi connectivity index (χ3v) is 6.31. The van der Waals surface area contributed by atoms with E-state index in [1.807, 2.05) is 66.7 Å². The van der Waals surface area contributed by atoms with Crippen LogP contribution in [0.4, 0.5) is 10.1 Å². The molecule has 35 heavy (non-hydrogen) atoms. The van der Waals surface area contributed by atoms with Crippen LogP contribution < -0.4 is 5.32 Å². The number of hydrogen-bond acceptors (Lipinski definition) is 4. The second kappa shape index (κ2) is 10.4. The first-order valence-electron chi connectivity index (χ1n) is 11.0. The number of aromatic nitrogens is 3. The average molecular weight is 481 g/mol. The Morgan fingerprint density at radius 3 is 2.66 bits per heavy atom. The van der Waals surface area contributed by atoms with Crippen LogP contribution in [0.25, 0.3) is 23.1 Å². The van der Waals surface area contributed by atoms with Gasteiger partial charge < -0.3 is 5.32 Å². The largest absolute Gasteiger partial charge is 0.326 e. The Kier molecular flexibility index (Phi) is 6.68. The van der Waals surface area contributed by atoms with E-state index >= 15 is 0 Å². The summed E-state index contributed by atoms with van der Waals surface area (Å²) in [5.41, 5.74) is 3.70. The molecule has 2 heterocycles. The number of halogens is 1. The SMILES string of the molecule is O=C(Cc1ccccc1F)Nc1cccc(Sc2ccc3c(/C=C/c4ccccn4)n[nH]c3c2)c1. The van der Waals surface area contributed by atoms with Crippen molar-refractivity contribution in [2.45, 2.75) is 16.2 Å². The summed E-state index contributed by atoms with van der Waals surface area (Å²) in [7, 11) is 0. The lowest BCUT2D eigenvalue weighted by molar-refractivity contribution is -0.115. The first-order chi connectivity index (χ1) is 17.1. The predicted molar refractivity (Wildman–Crippen MR) is 139 cm³/mol. The fourth-order valence-electron chi connectivity index (χ4n) is 3.64. The van der Waals surface area contributed by atoms with Crippen molar-refractivity contribution in [1.82, 2.24) is 15.2 Å². The highest BCUT2D eigenvalue weighted by atomic mass is 32.2. The Bertz CT molecular complexity index is 1510. The lowest BCUT2D eigenvalue weighted by Gasteiger charge is -2.08. The van der Waals surface area contributed by atoms with Gasteiger partial charge in [-0.3, -0.25) is 14.9 Å². The molecule has 2 aromatic heterocycles. The normalized spacial score (nSPS) is 11.2. The van der Waals surface area contributed by atoms with Crippen molar-refractivity contribution in [1.29, 1.82) is 0 Å². The number of aromatic amines is 1. The van der Waals surface area contributed by atoms with E-state index in [-0.39, 0.29) is 18.1 Å². The Hall–Kier alpha value is -4.23. The van der Waals surface area contributed by atoms with Crippen molar-refractivity contribution >= 4 is 46.4 Å². The molecule has 5 rings (SSSR count). The van der Waals surface area contributed by atoms with E-state index in [9.17, 15) is 9.18 Å². The standard InChI is InChI=1S/C28H21FN4OS/c29-25-10-2-1-6-19(25)16-28(34)31-21-8-5-9-22(17-21)35-23-12-13-24-26(32-33-27(24)18-23)14-11-20-7-3-4-15-30-20/h1-15,17-18H,16H2,(H,31,34)(H,32,33)/b14-11+. The molecule has 0 unspecified atom stereocenters.